The molecule has 1 N–H and O–H groups in total. The summed E-state index contributed by atoms with van der Waals surface area (Å²) in [5, 5.41) is 3.31. The van der Waals surface area contributed by atoms with Crippen LogP contribution in [-0.2, 0) is 0 Å². The van der Waals surface area contributed by atoms with Crippen LogP contribution in [0.25, 0.3) is 0 Å². The Balaban J connectivity index is 1.63. The molecule has 0 radical (unpaired) electrons. The number of ether oxygens (including phenoxy) is 1. The van der Waals surface area contributed by atoms with Gasteiger partial charge in [-0.15, -0.1) is 0 Å². The molecule has 2 aromatic carbocycles. The van der Waals surface area contributed by atoms with Crippen molar-refractivity contribution in [1.82, 2.24) is 0 Å². The number of rotatable bonds is 4. The predicted octanol–water partition coefficient (Wildman–Crippen LogP) is 4.40. The molecule has 0 spiro atoms. The minimum Gasteiger partial charge on any atom is -0.457 e. The van der Waals surface area contributed by atoms with Crippen molar-refractivity contribution < 1.29 is 18.7 Å². The lowest BCUT2D eigenvalue weighted by Crippen LogP contribution is -2.11. The van der Waals surface area contributed by atoms with Gasteiger partial charge in [0.2, 0.25) is 5.76 Å². The topological polar surface area (TPSA) is 68.5 Å². The van der Waals surface area contributed by atoms with Crippen LogP contribution in [0.3, 0.4) is 0 Å². The highest BCUT2D eigenvalue weighted by atomic mass is 35.5. The second-order valence-electron chi connectivity index (χ2n) is 4.85. The van der Waals surface area contributed by atoms with E-state index >= 15 is 0 Å². The molecule has 0 saturated carbocycles. The minimum atomic E-state index is -0.585. The average Bonchev–Trinajstić information content (AvgIpc) is 3.12. The van der Waals surface area contributed by atoms with Gasteiger partial charge in [-0.2, -0.15) is 0 Å². The lowest BCUT2D eigenvalue weighted by atomic mass is 10.2. The van der Waals surface area contributed by atoms with Gasteiger partial charge in [0.1, 0.15) is 5.75 Å². The van der Waals surface area contributed by atoms with Crippen LogP contribution in [0.5, 0.6) is 5.75 Å². The summed E-state index contributed by atoms with van der Waals surface area (Å²) in [4.78, 5) is 23.8. The van der Waals surface area contributed by atoms with Crippen molar-refractivity contribution in [2.45, 2.75) is 0 Å². The Morgan fingerprint density at radius 1 is 0.958 bits per heavy atom. The van der Waals surface area contributed by atoms with Crippen LogP contribution >= 0.6 is 11.6 Å². The number of halogens is 1. The van der Waals surface area contributed by atoms with Crippen molar-refractivity contribution in [3.8, 4) is 5.75 Å². The van der Waals surface area contributed by atoms with Crippen molar-refractivity contribution in [1.29, 1.82) is 0 Å². The maximum Gasteiger partial charge on any atom is 0.379 e. The molecule has 0 aliphatic heterocycles. The van der Waals surface area contributed by atoms with Crippen LogP contribution in [-0.4, -0.2) is 11.9 Å². The average molecular weight is 342 g/mol. The van der Waals surface area contributed by atoms with Crippen LogP contribution < -0.4 is 10.1 Å². The number of esters is 1. The zero-order valence-corrected chi connectivity index (χ0v) is 13.1. The minimum absolute atomic E-state index is 0.120. The number of hydrogen-bond donors (Lipinski definition) is 1. The van der Waals surface area contributed by atoms with Crippen LogP contribution in [0.4, 0.5) is 5.69 Å². The van der Waals surface area contributed by atoms with Gasteiger partial charge in [-0.1, -0.05) is 11.6 Å². The van der Waals surface area contributed by atoms with Crippen molar-refractivity contribution in [2.24, 2.45) is 0 Å². The molecule has 6 heteroatoms. The molecule has 0 aliphatic carbocycles. The van der Waals surface area contributed by atoms with Crippen LogP contribution in [0.2, 0.25) is 5.02 Å². The third-order valence-electron chi connectivity index (χ3n) is 3.15. The van der Waals surface area contributed by atoms with E-state index in [9.17, 15) is 9.59 Å². The van der Waals surface area contributed by atoms with Gasteiger partial charge in [-0.05, 0) is 60.7 Å². The molecule has 1 amide bonds. The number of amides is 1. The number of anilines is 1. The standard InChI is InChI=1S/C18H12ClNO4/c19-13-5-3-12(4-6-13)17(21)20-14-7-9-15(10-8-14)24-18(22)16-2-1-11-23-16/h1-11H,(H,20,21). The highest BCUT2D eigenvalue weighted by Gasteiger charge is 2.11. The van der Waals surface area contributed by atoms with E-state index in [1.165, 1.54) is 12.3 Å². The summed E-state index contributed by atoms with van der Waals surface area (Å²) in [5.41, 5.74) is 1.07. The molecule has 0 atom stereocenters. The number of hydrogen-bond acceptors (Lipinski definition) is 4. The summed E-state index contributed by atoms with van der Waals surface area (Å²) < 4.78 is 10.1. The molecule has 3 aromatic rings. The lowest BCUT2D eigenvalue weighted by molar-refractivity contribution is 0.0701. The monoisotopic (exact) mass is 341 g/mol. The third kappa shape index (κ3) is 3.83. The number of benzene rings is 2. The van der Waals surface area contributed by atoms with Crippen molar-refractivity contribution in [3.05, 3.63) is 83.3 Å². The highest BCUT2D eigenvalue weighted by molar-refractivity contribution is 6.30. The van der Waals surface area contributed by atoms with Gasteiger partial charge in [0.15, 0.2) is 0 Å². The van der Waals surface area contributed by atoms with E-state index in [1.807, 2.05) is 0 Å². The van der Waals surface area contributed by atoms with Crippen molar-refractivity contribution in [3.63, 3.8) is 0 Å². The number of carbonyl (C=O) groups excluding carboxylic acids is 2. The molecule has 0 unspecified atom stereocenters. The van der Waals surface area contributed by atoms with E-state index in [-0.39, 0.29) is 11.7 Å². The summed E-state index contributed by atoms with van der Waals surface area (Å²) in [6, 6.07) is 16.1. The summed E-state index contributed by atoms with van der Waals surface area (Å²) in [6.07, 6.45) is 1.39. The summed E-state index contributed by atoms with van der Waals surface area (Å²) in [5.74, 6) is -0.374. The Bertz CT molecular complexity index is 840. The molecule has 1 heterocycles. The largest absolute Gasteiger partial charge is 0.457 e. The zero-order valence-electron chi connectivity index (χ0n) is 12.4. The first-order valence-corrected chi connectivity index (χ1v) is 7.42. The molecule has 24 heavy (non-hydrogen) atoms. The quantitative estimate of drug-likeness (QED) is 0.564. The molecule has 0 aliphatic rings. The van der Waals surface area contributed by atoms with Gasteiger partial charge in [0.25, 0.3) is 5.91 Å². The van der Waals surface area contributed by atoms with Crippen molar-refractivity contribution >= 4 is 29.2 Å². The molecule has 120 valence electrons. The number of carbonyl (C=O) groups is 2. The van der Waals surface area contributed by atoms with E-state index in [0.717, 1.165) is 0 Å². The Kier molecular flexibility index (Phi) is 4.63. The van der Waals surface area contributed by atoms with Crippen LogP contribution in [0.15, 0.2) is 71.3 Å². The van der Waals surface area contributed by atoms with Crippen LogP contribution in [0, 0.1) is 0 Å². The Hall–Kier alpha value is -3.05. The van der Waals surface area contributed by atoms with Gasteiger partial charge in [-0.3, -0.25) is 4.79 Å². The molecule has 0 saturated heterocycles. The fourth-order valence-corrected chi connectivity index (χ4v) is 2.09. The second-order valence-corrected chi connectivity index (χ2v) is 5.29. The molecular formula is C18H12ClNO4. The fourth-order valence-electron chi connectivity index (χ4n) is 1.96. The number of furan rings is 1. The van der Waals surface area contributed by atoms with E-state index in [0.29, 0.717) is 22.0 Å². The maximum absolute atomic E-state index is 12.1. The first kappa shape index (κ1) is 15.8. The van der Waals surface area contributed by atoms with Gasteiger partial charge in [0.05, 0.1) is 6.26 Å². The Labute approximate surface area is 142 Å². The van der Waals surface area contributed by atoms with Gasteiger partial charge < -0.3 is 14.5 Å². The van der Waals surface area contributed by atoms with Gasteiger partial charge >= 0.3 is 5.97 Å². The summed E-state index contributed by atoms with van der Waals surface area (Å²) in [6.45, 7) is 0. The smallest absolute Gasteiger partial charge is 0.379 e. The highest BCUT2D eigenvalue weighted by Crippen LogP contribution is 2.18. The molecule has 5 nitrogen and oxygen atoms in total. The van der Waals surface area contributed by atoms with Gasteiger partial charge in [0, 0.05) is 16.3 Å². The summed E-state index contributed by atoms with van der Waals surface area (Å²) >= 11 is 5.79. The summed E-state index contributed by atoms with van der Waals surface area (Å²) in [7, 11) is 0. The molecule has 0 bridgehead atoms. The maximum atomic E-state index is 12.1. The van der Waals surface area contributed by atoms with Gasteiger partial charge in [-0.25, -0.2) is 4.79 Å². The third-order valence-corrected chi connectivity index (χ3v) is 3.40. The van der Waals surface area contributed by atoms with Crippen molar-refractivity contribution in [2.75, 3.05) is 5.32 Å². The number of nitrogens with one attached hydrogen (secondary N) is 1. The normalized spacial score (nSPS) is 10.2. The molecular weight excluding hydrogens is 330 g/mol. The van der Waals surface area contributed by atoms with E-state index in [1.54, 1.807) is 54.6 Å². The fraction of sp³-hybridized carbons (Fsp3) is 0. The molecule has 1 aromatic heterocycles. The molecule has 0 fully saturated rings. The van der Waals surface area contributed by atoms with E-state index in [4.69, 9.17) is 20.8 Å². The van der Waals surface area contributed by atoms with E-state index in [2.05, 4.69) is 5.32 Å². The predicted molar refractivity (Wildman–Crippen MR) is 89.5 cm³/mol. The van der Waals surface area contributed by atoms with Crippen LogP contribution in [0.1, 0.15) is 20.9 Å². The first-order chi connectivity index (χ1) is 11.6. The Morgan fingerprint density at radius 2 is 1.67 bits per heavy atom. The lowest BCUT2D eigenvalue weighted by Gasteiger charge is -2.07. The second kappa shape index (κ2) is 7.02. The SMILES string of the molecule is O=C(Nc1ccc(OC(=O)c2ccco2)cc1)c1ccc(Cl)cc1. The van der Waals surface area contributed by atoms with E-state index < -0.39 is 5.97 Å². The Morgan fingerprint density at radius 3 is 2.29 bits per heavy atom. The molecule has 3 rings (SSSR count). The zero-order chi connectivity index (χ0) is 16.9. The first-order valence-electron chi connectivity index (χ1n) is 7.04.